The Balaban J connectivity index is 1.57. The van der Waals surface area contributed by atoms with Gasteiger partial charge in [0.05, 0.1) is 12.2 Å². The average Bonchev–Trinajstić information content (AvgIpc) is 2.79. The van der Waals surface area contributed by atoms with Crippen molar-refractivity contribution < 1.29 is 19.0 Å². The summed E-state index contributed by atoms with van der Waals surface area (Å²) in [7, 11) is 0. The van der Waals surface area contributed by atoms with Crippen LogP contribution >= 0.6 is 15.9 Å². The predicted molar refractivity (Wildman–Crippen MR) is 126 cm³/mol. The third kappa shape index (κ3) is 7.33. The number of nitrogens with one attached hydrogen (secondary N) is 1. The first kappa shape index (κ1) is 22.7. The maximum atomic E-state index is 12.9. The number of unbranched alkanes of at least 4 members (excludes halogenated alkanes) is 1. The molecule has 3 rings (SSSR count). The molecule has 0 atom stereocenters. The molecule has 1 amide bonds. The Hall–Kier alpha value is -2.99. The summed E-state index contributed by atoms with van der Waals surface area (Å²) in [6.45, 7) is 3.50. The second kappa shape index (κ2) is 12.0. The van der Waals surface area contributed by atoms with Crippen LogP contribution in [0.4, 0.5) is 5.69 Å². The summed E-state index contributed by atoms with van der Waals surface area (Å²) in [5, 5.41) is 2.92. The smallest absolute Gasteiger partial charge is 0.259 e. The summed E-state index contributed by atoms with van der Waals surface area (Å²) in [6, 6.07) is 22.3. The number of anilines is 1. The Morgan fingerprint density at radius 1 is 0.839 bits per heavy atom. The fourth-order valence-electron chi connectivity index (χ4n) is 2.83. The lowest BCUT2D eigenvalue weighted by Crippen LogP contribution is -2.14. The molecular formula is C25H26BrNO4. The van der Waals surface area contributed by atoms with Gasteiger partial charge >= 0.3 is 0 Å². The first-order valence-corrected chi connectivity index (χ1v) is 11.1. The van der Waals surface area contributed by atoms with E-state index in [9.17, 15) is 4.79 Å². The number of ether oxygens (including phenoxy) is 3. The Labute approximate surface area is 191 Å². The van der Waals surface area contributed by atoms with Crippen molar-refractivity contribution in [2.75, 3.05) is 25.1 Å². The molecule has 3 aromatic carbocycles. The van der Waals surface area contributed by atoms with E-state index in [2.05, 4.69) is 28.2 Å². The normalized spacial score (nSPS) is 10.4. The molecule has 0 heterocycles. The molecule has 3 aromatic rings. The van der Waals surface area contributed by atoms with Crippen LogP contribution in [0, 0.1) is 0 Å². The van der Waals surface area contributed by atoms with Crippen molar-refractivity contribution >= 4 is 27.5 Å². The van der Waals surface area contributed by atoms with Gasteiger partial charge in [0.25, 0.3) is 5.91 Å². The fourth-order valence-corrected chi connectivity index (χ4v) is 3.19. The molecule has 0 unspecified atom stereocenters. The highest BCUT2D eigenvalue weighted by molar-refractivity contribution is 9.10. The van der Waals surface area contributed by atoms with Gasteiger partial charge in [-0.1, -0.05) is 53.5 Å². The van der Waals surface area contributed by atoms with Crippen LogP contribution < -0.4 is 19.5 Å². The molecular weight excluding hydrogens is 458 g/mol. The van der Waals surface area contributed by atoms with Crippen LogP contribution in [0.2, 0.25) is 0 Å². The van der Waals surface area contributed by atoms with Crippen molar-refractivity contribution in [2.45, 2.75) is 19.8 Å². The number of carbonyl (C=O) groups excluding carboxylic acids is 1. The van der Waals surface area contributed by atoms with Gasteiger partial charge in [0, 0.05) is 16.2 Å². The number of carbonyl (C=O) groups is 1. The van der Waals surface area contributed by atoms with Crippen LogP contribution in [0.15, 0.2) is 77.3 Å². The van der Waals surface area contributed by atoms with Crippen LogP contribution in [0.3, 0.4) is 0 Å². The summed E-state index contributed by atoms with van der Waals surface area (Å²) < 4.78 is 18.0. The van der Waals surface area contributed by atoms with Crippen molar-refractivity contribution in [2.24, 2.45) is 0 Å². The molecule has 162 valence electrons. The van der Waals surface area contributed by atoms with Crippen molar-refractivity contribution in [3.8, 4) is 17.2 Å². The molecule has 6 heteroatoms. The molecule has 31 heavy (non-hydrogen) atoms. The number of hydrogen-bond acceptors (Lipinski definition) is 4. The molecule has 0 saturated carbocycles. The lowest BCUT2D eigenvalue weighted by molar-refractivity contribution is 0.102. The minimum absolute atomic E-state index is 0.239. The summed E-state index contributed by atoms with van der Waals surface area (Å²) in [5.74, 6) is 1.79. The average molecular weight is 484 g/mol. The van der Waals surface area contributed by atoms with Crippen LogP contribution in [0.1, 0.15) is 30.1 Å². The Bertz CT molecular complexity index is 978. The molecule has 0 saturated heterocycles. The molecule has 0 aliphatic rings. The number of halogens is 1. The predicted octanol–water partition coefficient (Wildman–Crippen LogP) is 6.34. The van der Waals surface area contributed by atoms with Crippen LogP contribution in [-0.2, 0) is 0 Å². The molecule has 0 aliphatic heterocycles. The van der Waals surface area contributed by atoms with Gasteiger partial charge in [0.2, 0.25) is 0 Å². The van der Waals surface area contributed by atoms with E-state index in [0.29, 0.717) is 42.6 Å². The Morgan fingerprint density at radius 3 is 2.35 bits per heavy atom. The van der Waals surface area contributed by atoms with E-state index in [1.165, 1.54) is 0 Å². The van der Waals surface area contributed by atoms with E-state index in [1.54, 1.807) is 18.2 Å². The van der Waals surface area contributed by atoms with Gasteiger partial charge in [0.1, 0.15) is 30.5 Å². The standard InChI is InChI=1S/C25H26BrNO4/c1-2-3-14-31-24-13-12-19(26)17-23(24)25(28)27-20-8-7-11-22(18-20)30-16-15-29-21-9-5-4-6-10-21/h4-13,17-18H,2-3,14-16H2,1H3,(H,27,28). The number of rotatable bonds is 11. The van der Waals surface area contributed by atoms with E-state index >= 15 is 0 Å². The number of para-hydroxylation sites is 1. The van der Waals surface area contributed by atoms with Gasteiger partial charge in [-0.05, 0) is 48.9 Å². The highest BCUT2D eigenvalue weighted by atomic mass is 79.9. The second-order valence-electron chi connectivity index (χ2n) is 6.83. The topological polar surface area (TPSA) is 56.8 Å². The van der Waals surface area contributed by atoms with Crippen molar-refractivity contribution in [3.05, 3.63) is 82.8 Å². The highest BCUT2D eigenvalue weighted by Gasteiger charge is 2.14. The summed E-state index contributed by atoms with van der Waals surface area (Å²) in [6.07, 6.45) is 1.96. The minimum Gasteiger partial charge on any atom is -0.493 e. The van der Waals surface area contributed by atoms with E-state index in [0.717, 1.165) is 23.1 Å². The van der Waals surface area contributed by atoms with Crippen molar-refractivity contribution in [3.63, 3.8) is 0 Å². The zero-order chi connectivity index (χ0) is 21.9. The monoisotopic (exact) mass is 483 g/mol. The van der Waals surface area contributed by atoms with Gasteiger partial charge in [-0.15, -0.1) is 0 Å². The third-order valence-corrected chi connectivity index (χ3v) is 4.89. The summed E-state index contributed by atoms with van der Waals surface area (Å²) in [4.78, 5) is 12.9. The zero-order valence-electron chi connectivity index (χ0n) is 17.5. The number of benzene rings is 3. The molecule has 0 spiro atoms. The van der Waals surface area contributed by atoms with E-state index in [4.69, 9.17) is 14.2 Å². The largest absolute Gasteiger partial charge is 0.493 e. The fraction of sp³-hybridized carbons (Fsp3) is 0.240. The maximum absolute atomic E-state index is 12.9. The Morgan fingerprint density at radius 2 is 1.58 bits per heavy atom. The summed E-state index contributed by atoms with van der Waals surface area (Å²) >= 11 is 3.43. The SMILES string of the molecule is CCCCOc1ccc(Br)cc1C(=O)Nc1cccc(OCCOc2ccccc2)c1. The molecule has 5 nitrogen and oxygen atoms in total. The molecule has 0 bridgehead atoms. The van der Waals surface area contributed by atoms with Crippen LogP contribution in [-0.4, -0.2) is 25.7 Å². The Kier molecular flexibility index (Phi) is 8.79. The zero-order valence-corrected chi connectivity index (χ0v) is 19.1. The quantitative estimate of drug-likeness (QED) is 0.323. The summed E-state index contributed by atoms with van der Waals surface area (Å²) in [5.41, 5.74) is 1.12. The van der Waals surface area contributed by atoms with Crippen LogP contribution in [0.5, 0.6) is 17.2 Å². The van der Waals surface area contributed by atoms with Gasteiger partial charge in [-0.25, -0.2) is 0 Å². The molecule has 0 fully saturated rings. The minimum atomic E-state index is -0.239. The maximum Gasteiger partial charge on any atom is 0.259 e. The first-order valence-electron chi connectivity index (χ1n) is 10.3. The molecule has 0 radical (unpaired) electrons. The van der Waals surface area contributed by atoms with Gasteiger partial charge in [-0.3, -0.25) is 4.79 Å². The van der Waals surface area contributed by atoms with Gasteiger partial charge in [-0.2, -0.15) is 0 Å². The van der Waals surface area contributed by atoms with Gasteiger partial charge < -0.3 is 19.5 Å². The molecule has 0 aromatic heterocycles. The van der Waals surface area contributed by atoms with E-state index < -0.39 is 0 Å². The lowest BCUT2D eigenvalue weighted by Gasteiger charge is -2.13. The molecule has 0 aliphatic carbocycles. The van der Waals surface area contributed by atoms with Crippen LogP contribution in [0.25, 0.3) is 0 Å². The highest BCUT2D eigenvalue weighted by Crippen LogP contribution is 2.25. The van der Waals surface area contributed by atoms with E-state index in [-0.39, 0.29) is 5.91 Å². The van der Waals surface area contributed by atoms with Crippen molar-refractivity contribution in [1.82, 2.24) is 0 Å². The lowest BCUT2D eigenvalue weighted by atomic mass is 10.1. The van der Waals surface area contributed by atoms with Crippen molar-refractivity contribution in [1.29, 1.82) is 0 Å². The third-order valence-electron chi connectivity index (χ3n) is 4.40. The molecule has 1 N–H and O–H groups in total. The van der Waals surface area contributed by atoms with E-state index in [1.807, 2.05) is 54.6 Å². The number of hydrogen-bond donors (Lipinski definition) is 1. The van der Waals surface area contributed by atoms with Gasteiger partial charge in [0.15, 0.2) is 0 Å². The first-order chi connectivity index (χ1) is 15.2. The number of amides is 1. The second-order valence-corrected chi connectivity index (χ2v) is 7.75.